The second-order valence-corrected chi connectivity index (χ2v) is 8.42. The first-order valence-electron chi connectivity index (χ1n) is 11.5. The van der Waals surface area contributed by atoms with E-state index in [9.17, 15) is 9.59 Å². The first-order valence-corrected chi connectivity index (χ1v) is 11.5. The zero-order valence-electron chi connectivity index (χ0n) is 20.1. The van der Waals surface area contributed by atoms with Crippen molar-refractivity contribution in [3.63, 3.8) is 0 Å². The van der Waals surface area contributed by atoms with Crippen LogP contribution in [-0.2, 0) is 7.05 Å². The number of para-hydroxylation sites is 1. The molecule has 5 aromatic rings. The number of amides is 1. The lowest BCUT2D eigenvalue weighted by Crippen LogP contribution is -2.34. The Hall–Kier alpha value is -4.39. The Kier molecular flexibility index (Phi) is 5.61. The number of methoxy groups -OCH3 is 1. The molecule has 0 spiro atoms. The molecular formula is C28H26N4O3. The maximum absolute atomic E-state index is 14.1. The molecule has 0 aliphatic carbocycles. The van der Waals surface area contributed by atoms with Gasteiger partial charge in [0.2, 0.25) is 0 Å². The molecule has 1 amide bonds. The molecule has 3 aromatic carbocycles. The molecule has 0 aliphatic heterocycles. The molecule has 35 heavy (non-hydrogen) atoms. The number of hydrogen-bond acceptors (Lipinski definition) is 4. The minimum atomic E-state index is -0.302. The van der Waals surface area contributed by atoms with E-state index in [1.807, 2.05) is 98.3 Å². The van der Waals surface area contributed by atoms with E-state index in [2.05, 4.69) is 5.10 Å². The number of rotatable bonds is 5. The van der Waals surface area contributed by atoms with Gasteiger partial charge in [0.05, 0.1) is 29.1 Å². The smallest absolute Gasteiger partial charge is 0.296 e. The largest absolute Gasteiger partial charge is 0.496 e. The number of nitrogens with zero attached hydrogens (tertiary/aromatic N) is 4. The molecule has 0 radical (unpaired) electrons. The maximum Gasteiger partial charge on any atom is 0.296 e. The normalized spacial score (nSPS) is 11.2. The summed E-state index contributed by atoms with van der Waals surface area (Å²) in [5, 5.41) is 5.87. The highest BCUT2D eigenvalue weighted by Crippen LogP contribution is 2.36. The van der Waals surface area contributed by atoms with Crippen molar-refractivity contribution < 1.29 is 9.53 Å². The van der Waals surface area contributed by atoms with Gasteiger partial charge in [-0.2, -0.15) is 9.78 Å². The fourth-order valence-corrected chi connectivity index (χ4v) is 4.59. The highest BCUT2D eigenvalue weighted by atomic mass is 16.5. The molecule has 0 bridgehead atoms. The molecule has 7 nitrogen and oxygen atoms in total. The van der Waals surface area contributed by atoms with Crippen LogP contribution in [0.5, 0.6) is 5.75 Å². The van der Waals surface area contributed by atoms with E-state index in [1.165, 1.54) is 4.68 Å². The summed E-state index contributed by atoms with van der Waals surface area (Å²) in [5.41, 5.74) is 3.50. The van der Waals surface area contributed by atoms with Crippen LogP contribution >= 0.6 is 0 Å². The number of carbonyl (C=O) groups excluding carboxylic acids is 1. The second kappa shape index (κ2) is 8.76. The summed E-state index contributed by atoms with van der Waals surface area (Å²) in [5.74, 6) is 0.294. The van der Waals surface area contributed by atoms with Gasteiger partial charge < -0.3 is 14.2 Å². The fourth-order valence-electron chi connectivity index (χ4n) is 4.59. The number of aromatic nitrogens is 3. The maximum atomic E-state index is 14.1. The van der Waals surface area contributed by atoms with Crippen LogP contribution in [0.1, 0.15) is 23.0 Å². The summed E-state index contributed by atoms with van der Waals surface area (Å²) in [6, 6.07) is 22.6. The van der Waals surface area contributed by atoms with Gasteiger partial charge in [0, 0.05) is 19.3 Å². The Morgan fingerprint density at radius 3 is 2.34 bits per heavy atom. The van der Waals surface area contributed by atoms with E-state index < -0.39 is 0 Å². The van der Waals surface area contributed by atoms with Crippen molar-refractivity contribution in [3.8, 4) is 11.4 Å². The monoisotopic (exact) mass is 466 g/mol. The van der Waals surface area contributed by atoms with E-state index in [0.29, 0.717) is 34.3 Å². The van der Waals surface area contributed by atoms with Crippen molar-refractivity contribution in [1.29, 1.82) is 0 Å². The Morgan fingerprint density at radius 2 is 1.69 bits per heavy atom. The predicted octanol–water partition coefficient (Wildman–Crippen LogP) is 4.86. The van der Waals surface area contributed by atoms with Crippen molar-refractivity contribution in [1.82, 2.24) is 14.3 Å². The lowest BCUT2D eigenvalue weighted by atomic mass is 10.1. The standard InChI is InChI=1S/C28H26N4O3/c1-5-31(19-10-7-6-8-11-19)27(33)25-24-23-21(12-9-13-22(23)35-4)30(3)26(24)28(34)32(29-25)20-16-14-18(2)15-17-20/h6-17H,5H2,1-4H3. The summed E-state index contributed by atoms with van der Waals surface area (Å²) >= 11 is 0. The Balaban J connectivity index is 1.90. The van der Waals surface area contributed by atoms with Gasteiger partial charge in [0.25, 0.3) is 11.5 Å². The van der Waals surface area contributed by atoms with Crippen molar-refractivity contribution in [2.24, 2.45) is 7.05 Å². The number of benzene rings is 3. The predicted molar refractivity (Wildman–Crippen MR) is 139 cm³/mol. The zero-order chi connectivity index (χ0) is 24.7. The molecule has 0 unspecified atom stereocenters. The van der Waals surface area contributed by atoms with E-state index in [-0.39, 0.29) is 17.2 Å². The Morgan fingerprint density at radius 1 is 0.971 bits per heavy atom. The highest BCUT2D eigenvalue weighted by molar-refractivity contribution is 6.21. The number of carbonyl (C=O) groups is 1. The quantitative estimate of drug-likeness (QED) is 0.371. The molecule has 0 fully saturated rings. The van der Waals surface area contributed by atoms with Gasteiger partial charge in [-0.15, -0.1) is 0 Å². The van der Waals surface area contributed by atoms with E-state index in [1.54, 1.807) is 12.0 Å². The van der Waals surface area contributed by atoms with Gasteiger partial charge in [-0.05, 0) is 50.2 Å². The first kappa shape index (κ1) is 22.4. The number of aryl methyl sites for hydroxylation is 2. The van der Waals surface area contributed by atoms with Gasteiger partial charge in [-0.25, -0.2) is 0 Å². The minimum Gasteiger partial charge on any atom is -0.496 e. The average molecular weight is 467 g/mol. The van der Waals surface area contributed by atoms with Gasteiger partial charge >= 0.3 is 0 Å². The number of ether oxygens (including phenoxy) is 1. The van der Waals surface area contributed by atoms with Crippen LogP contribution in [0.3, 0.4) is 0 Å². The summed E-state index contributed by atoms with van der Waals surface area (Å²) in [7, 11) is 3.41. The zero-order valence-corrected chi connectivity index (χ0v) is 20.1. The molecule has 2 aromatic heterocycles. The van der Waals surface area contributed by atoms with E-state index >= 15 is 0 Å². The summed E-state index contributed by atoms with van der Waals surface area (Å²) in [6.45, 7) is 4.34. The van der Waals surface area contributed by atoms with Crippen LogP contribution in [0.2, 0.25) is 0 Å². The molecule has 0 N–H and O–H groups in total. The molecule has 176 valence electrons. The Labute approximate surface area is 202 Å². The number of hydrogen-bond donors (Lipinski definition) is 0. The van der Waals surface area contributed by atoms with Crippen molar-refractivity contribution in [2.75, 3.05) is 18.6 Å². The molecule has 7 heteroatoms. The van der Waals surface area contributed by atoms with Crippen LogP contribution in [0.25, 0.3) is 27.5 Å². The summed E-state index contributed by atoms with van der Waals surface area (Å²) in [4.78, 5) is 29.6. The number of fused-ring (bicyclic) bond motifs is 3. The minimum absolute atomic E-state index is 0.195. The van der Waals surface area contributed by atoms with E-state index in [4.69, 9.17) is 4.74 Å². The van der Waals surface area contributed by atoms with Gasteiger partial charge in [-0.3, -0.25) is 9.59 Å². The van der Waals surface area contributed by atoms with Crippen molar-refractivity contribution >= 4 is 33.4 Å². The average Bonchev–Trinajstić information content (AvgIpc) is 3.19. The molecule has 0 atom stereocenters. The lowest BCUT2D eigenvalue weighted by molar-refractivity contribution is 0.0983. The third kappa shape index (κ3) is 3.56. The van der Waals surface area contributed by atoms with Gasteiger partial charge in [-0.1, -0.05) is 42.0 Å². The van der Waals surface area contributed by atoms with E-state index in [0.717, 1.165) is 16.8 Å². The van der Waals surface area contributed by atoms with Crippen LogP contribution in [0.15, 0.2) is 77.6 Å². The molecule has 5 rings (SSSR count). The molecular weight excluding hydrogens is 440 g/mol. The third-order valence-electron chi connectivity index (χ3n) is 6.35. The number of anilines is 1. The van der Waals surface area contributed by atoms with Gasteiger partial charge in [0.1, 0.15) is 11.3 Å². The van der Waals surface area contributed by atoms with Crippen molar-refractivity contribution in [3.05, 3.63) is 94.4 Å². The Bertz CT molecular complexity index is 1620. The fraction of sp³-hybridized carbons (Fsp3) is 0.179. The summed E-state index contributed by atoms with van der Waals surface area (Å²) < 4.78 is 8.78. The highest BCUT2D eigenvalue weighted by Gasteiger charge is 2.28. The molecule has 2 heterocycles. The topological polar surface area (TPSA) is 69.4 Å². The third-order valence-corrected chi connectivity index (χ3v) is 6.35. The van der Waals surface area contributed by atoms with Crippen LogP contribution in [0.4, 0.5) is 5.69 Å². The van der Waals surface area contributed by atoms with Gasteiger partial charge in [0.15, 0.2) is 5.69 Å². The molecule has 0 aliphatic rings. The molecule has 0 saturated heterocycles. The van der Waals surface area contributed by atoms with Crippen LogP contribution in [-0.4, -0.2) is 33.9 Å². The van der Waals surface area contributed by atoms with Crippen LogP contribution in [0, 0.1) is 6.92 Å². The molecule has 0 saturated carbocycles. The first-order chi connectivity index (χ1) is 17.0. The SMILES string of the molecule is CCN(C(=O)c1nn(-c2ccc(C)cc2)c(=O)c2c1c1c(OC)cccc1n2C)c1ccccc1. The van der Waals surface area contributed by atoms with Crippen LogP contribution < -0.4 is 15.2 Å². The second-order valence-electron chi connectivity index (χ2n) is 8.42. The summed E-state index contributed by atoms with van der Waals surface area (Å²) in [6.07, 6.45) is 0. The lowest BCUT2D eigenvalue weighted by Gasteiger charge is -2.21. The van der Waals surface area contributed by atoms with Crippen molar-refractivity contribution in [2.45, 2.75) is 13.8 Å².